The lowest BCUT2D eigenvalue weighted by Crippen LogP contribution is -2.23. The number of carbonyl (C=O) groups is 1. The van der Waals surface area contributed by atoms with Crippen molar-refractivity contribution in [1.29, 1.82) is 0 Å². The number of hydrogen-bond acceptors (Lipinski definition) is 6. The zero-order valence-corrected chi connectivity index (χ0v) is 14.0. The first kappa shape index (κ1) is 16.6. The summed E-state index contributed by atoms with van der Waals surface area (Å²) >= 11 is 0. The zero-order valence-electron chi connectivity index (χ0n) is 14.0. The summed E-state index contributed by atoms with van der Waals surface area (Å²) in [6, 6.07) is 3.72. The summed E-state index contributed by atoms with van der Waals surface area (Å²) < 4.78 is 10.8. The maximum atomic E-state index is 12.0. The van der Waals surface area contributed by atoms with Crippen molar-refractivity contribution in [2.24, 2.45) is 5.92 Å². The summed E-state index contributed by atoms with van der Waals surface area (Å²) in [4.78, 5) is 20.5. The van der Waals surface area contributed by atoms with Crippen LogP contribution < -0.4 is 0 Å². The van der Waals surface area contributed by atoms with Gasteiger partial charge in [-0.25, -0.2) is 0 Å². The number of esters is 1. The van der Waals surface area contributed by atoms with Gasteiger partial charge in [0.2, 0.25) is 11.7 Å². The van der Waals surface area contributed by atoms with Gasteiger partial charge in [0, 0.05) is 23.9 Å². The summed E-state index contributed by atoms with van der Waals surface area (Å²) in [5.41, 5.74) is 0.896. The quantitative estimate of drug-likeness (QED) is 0.593. The van der Waals surface area contributed by atoms with Crippen molar-refractivity contribution in [2.45, 2.75) is 51.4 Å². The van der Waals surface area contributed by atoms with E-state index in [1.807, 2.05) is 12.1 Å². The molecular weight excluding hydrogens is 306 g/mol. The molecule has 0 atom stereocenters. The maximum Gasteiger partial charge on any atom is 0.308 e. The minimum atomic E-state index is -0.0510. The van der Waals surface area contributed by atoms with E-state index in [4.69, 9.17) is 9.26 Å². The lowest BCUT2D eigenvalue weighted by molar-refractivity contribution is -0.149. The Morgan fingerprint density at radius 1 is 1.25 bits per heavy atom. The van der Waals surface area contributed by atoms with Gasteiger partial charge < -0.3 is 9.26 Å². The van der Waals surface area contributed by atoms with Crippen LogP contribution in [0, 0.1) is 5.92 Å². The van der Waals surface area contributed by atoms with Crippen LogP contribution in [0.2, 0.25) is 0 Å². The Bertz CT molecular complexity index is 649. The number of pyridine rings is 1. The molecule has 1 saturated carbocycles. The molecule has 0 N–H and O–H groups in total. The second kappa shape index (κ2) is 8.04. The third kappa shape index (κ3) is 3.99. The van der Waals surface area contributed by atoms with Crippen LogP contribution in [-0.2, 0) is 9.53 Å². The Hall–Kier alpha value is -2.24. The van der Waals surface area contributed by atoms with Crippen molar-refractivity contribution < 1.29 is 14.1 Å². The van der Waals surface area contributed by atoms with E-state index in [2.05, 4.69) is 22.0 Å². The van der Waals surface area contributed by atoms with Gasteiger partial charge in [0.15, 0.2) is 0 Å². The Morgan fingerprint density at radius 3 is 2.71 bits per heavy atom. The molecule has 128 valence electrons. The Kier molecular flexibility index (Phi) is 5.56. The van der Waals surface area contributed by atoms with E-state index in [9.17, 15) is 4.79 Å². The molecule has 0 amide bonds. The molecule has 0 saturated heterocycles. The van der Waals surface area contributed by atoms with Crippen molar-refractivity contribution in [1.82, 2.24) is 15.1 Å². The normalized spacial score (nSPS) is 20.7. The average molecular weight is 329 g/mol. The SMILES string of the molecule is CCCCOC(=O)C1CCC(c2nc(-c3ccncc3)no2)CC1. The first-order valence-corrected chi connectivity index (χ1v) is 8.68. The Morgan fingerprint density at radius 2 is 2.00 bits per heavy atom. The van der Waals surface area contributed by atoms with E-state index in [0.29, 0.717) is 18.3 Å². The van der Waals surface area contributed by atoms with Crippen LogP contribution in [0.4, 0.5) is 0 Å². The second-order valence-corrected chi connectivity index (χ2v) is 6.26. The van der Waals surface area contributed by atoms with Crippen LogP contribution in [0.25, 0.3) is 11.4 Å². The van der Waals surface area contributed by atoms with Crippen molar-refractivity contribution in [2.75, 3.05) is 6.61 Å². The summed E-state index contributed by atoms with van der Waals surface area (Å²) in [5, 5.41) is 4.06. The molecule has 3 rings (SSSR count). The van der Waals surface area contributed by atoms with Gasteiger partial charge in [0.05, 0.1) is 12.5 Å². The number of hydrogen-bond donors (Lipinski definition) is 0. The molecule has 6 heteroatoms. The van der Waals surface area contributed by atoms with Crippen molar-refractivity contribution in [3.63, 3.8) is 0 Å². The number of carbonyl (C=O) groups excluding carboxylic acids is 1. The molecule has 24 heavy (non-hydrogen) atoms. The van der Waals surface area contributed by atoms with Gasteiger partial charge in [-0.05, 0) is 44.2 Å². The summed E-state index contributed by atoms with van der Waals surface area (Å²) in [6.45, 7) is 2.62. The molecule has 0 bridgehead atoms. The predicted octanol–water partition coefficient (Wildman–Crippen LogP) is 3.75. The molecule has 2 aromatic rings. The first-order chi connectivity index (χ1) is 11.8. The van der Waals surface area contributed by atoms with Crippen LogP contribution in [0.1, 0.15) is 57.3 Å². The molecule has 1 aliphatic rings. The van der Waals surface area contributed by atoms with Crippen LogP contribution in [-0.4, -0.2) is 27.7 Å². The molecule has 1 aliphatic carbocycles. The minimum absolute atomic E-state index is 0.0145. The maximum absolute atomic E-state index is 12.0. The fraction of sp³-hybridized carbons (Fsp3) is 0.556. The van der Waals surface area contributed by atoms with E-state index in [0.717, 1.165) is 44.1 Å². The summed E-state index contributed by atoms with van der Waals surface area (Å²) in [5.74, 6) is 1.45. The third-order valence-electron chi connectivity index (χ3n) is 4.53. The number of aromatic nitrogens is 3. The molecule has 2 heterocycles. The Labute approximate surface area is 141 Å². The topological polar surface area (TPSA) is 78.1 Å². The number of nitrogens with zero attached hydrogens (tertiary/aromatic N) is 3. The van der Waals surface area contributed by atoms with E-state index < -0.39 is 0 Å². The summed E-state index contributed by atoms with van der Waals surface area (Å²) in [6.07, 6.45) is 8.79. The van der Waals surface area contributed by atoms with E-state index in [1.165, 1.54) is 0 Å². The molecular formula is C18H23N3O3. The highest BCUT2D eigenvalue weighted by Gasteiger charge is 2.30. The molecule has 1 fully saturated rings. The van der Waals surface area contributed by atoms with Gasteiger partial charge in [-0.15, -0.1) is 0 Å². The predicted molar refractivity (Wildman–Crippen MR) is 88.1 cm³/mol. The van der Waals surface area contributed by atoms with E-state index in [1.54, 1.807) is 12.4 Å². The molecule has 0 unspecified atom stereocenters. The molecule has 0 aromatic carbocycles. The lowest BCUT2D eigenvalue weighted by atomic mass is 9.82. The molecule has 0 spiro atoms. The molecule has 2 aromatic heterocycles. The first-order valence-electron chi connectivity index (χ1n) is 8.68. The fourth-order valence-corrected chi connectivity index (χ4v) is 3.03. The zero-order chi connectivity index (χ0) is 16.8. The van der Waals surface area contributed by atoms with Gasteiger partial charge in [-0.2, -0.15) is 4.98 Å². The molecule has 6 nitrogen and oxygen atoms in total. The highest BCUT2D eigenvalue weighted by molar-refractivity contribution is 5.72. The third-order valence-corrected chi connectivity index (χ3v) is 4.53. The number of unbranched alkanes of at least 4 members (excludes halogenated alkanes) is 1. The average Bonchev–Trinajstić information content (AvgIpc) is 3.13. The van der Waals surface area contributed by atoms with E-state index >= 15 is 0 Å². The van der Waals surface area contributed by atoms with Crippen LogP contribution in [0.15, 0.2) is 29.0 Å². The minimum Gasteiger partial charge on any atom is -0.465 e. The second-order valence-electron chi connectivity index (χ2n) is 6.26. The van der Waals surface area contributed by atoms with Crippen LogP contribution in [0.3, 0.4) is 0 Å². The number of rotatable bonds is 6. The number of ether oxygens (including phenoxy) is 1. The lowest BCUT2D eigenvalue weighted by Gasteiger charge is -2.24. The van der Waals surface area contributed by atoms with Gasteiger partial charge >= 0.3 is 5.97 Å². The van der Waals surface area contributed by atoms with Crippen LogP contribution >= 0.6 is 0 Å². The van der Waals surface area contributed by atoms with Gasteiger partial charge in [-0.1, -0.05) is 18.5 Å². The smallest absolute Gasteiger partial charge is 0.308 e. The largest absolute Gasteiger partial charge is 0.465 e. The van der Waals surface area contributed by atoms with Gasteiger partial charge in [0.25, 0.3) is 0 Å². The molecule has 0 radical (unpaired) electrons. The monoisotopic (exact) mass is 329 g/mol. The fourth-order valence-electron chi connectivity index (χ4n) is 3.03. The van der Waals surface area contributed by atoms with Gasteiger partial charge in [-0.3, -0.25) is 9.78 Å². The van der Waals surface area contributed by atoms with Gasteiger partial charge in [0.1, 0.15) is 0 Å². The van der Waals surface area contributed by atoms with Crippen molar-refractivity contribution in [3.8, 4) is 11.4 Å². The highest BCUT2D eigenvalue weighted by Crippen LogP contribution is 2.36. The van der Waals surface area contributed by atoms with Crippen LogP contribution in [0.5, 0.6) is 0 Å². The Balaban J connectivity index is 1.54. The summed E-state index contributed by atoms with van der Waals surface area (Å²) in [7, 11) is 0. The molecule has 0 aliphatic heterocycles. The standard InChI is InChI=1S/C18H23N3O3/c1-2-3-12-23-18(22)15-6-4-14(5-7-15)17-20-16(21-24-17)13-8-10-19-11-9-13/h8-11,14-15H,2-7,12H2,1H3. The van der Waals surface area contributed by atoms with E-state index in [-0.39, 0.29) is 17.8 Å². The highest BCUT2D eigenvalue weighted by atomic mass is 16.5. The van der Waals surface area contributed by atoms with Crippen molar-refractivity contribution in [3.05, 3.63) is 30.4 Å². The van der Waals surface area contributed by atoms with Crippen molar-refractivity contribution >= 4 is 5.97 Å².